The average molecular weight is 803 g/mol. The maximum Gasteiger partial charge on any atom is 0.408 e. The highest BCUT2D eigenvalue weighted by molar-refractivity contribution is 7.91. The first-order chi connectivity index (χ1) is 26.1. The molecule has 7 atom stereocenters. The van der Waals surface area contributed by atoms with Crippen molar-refractivity contribution in [3.63, 3.8) is 0 Å². The molecule has 56 heavy (non-hydrogen) atoms. The molecule has 6 rings (SSSR count). The van der Waals surface area contributed by atoms with Gasteiger partial charge in [0.2, 0.25) is 27.7 Å². The third kappa shape index (κ3) is 8.44. The van der Waals surface area contributed by atoms with Gasteiger partial charge in [-0.1, -0.05) is 38.1 Å². The Kier molecular flexibility index (Phi) is 11.1. The van der Waals surface area contributed by atoms with Gasteiger partial charge < -0.3 is 25.0 Å². The van der Waals surface area contributed by atoms with E-state index in [2.05, 4.69) is 27.4 Å². The van der Waals surface area contributed by atoms with Crippen LogP contribution in [-0.2, 0) is 29.1 Å². The van der Waals surface area contributed by atoms with Crippen LogP contribution in [0.1, 0.15) is 111 Å². The van der Waals surface area contributed by atoms with Crippen molar-refractivity contribution < 1.29 is 41.3 Å². The van der Waals surface area contributed by atoms with Gasteiger partial charge in [0.1, 0.15) is 29.3 Å². The molecule has 0 unspecified atom stereocenters. The van der Waals surface area contributed by atoms with Crippen LogP contribution in [0.3, 0.4) is 0 Å². The summed E-state index contributed by atoms with van der Waals surface area (Å²) in [6.45, 7) is 14.3. The van der Waals surface area contributed by atoms with Crippen LogP contribution in [0.25, 0.3) is 10.8 Å². The number of hydrogen-bond acceptors (Lipinski definition) is 10. The number of alkyl carbamates (subject to hydrolysis) is 1. The fourth-order valence-electron chi connectivity index (χ4n) is 7.80. The molecule has 3 heterocycles. The van der Waals surface area contributed by atoms with Crippen LogP contribution in [0, 0.1) is 17.8 Å². The number of hydrogen-bond donors (Lipinski definition) is 3. The van der Waals surface area contributed by atoms with Gasteiger partial charge in [-0.3, -0.25) is 23.9 Å². The van der Waals surface area contributed by atoms with Crippen molar-refractivity contribution >= 4 is 44.6 Å². The quantitative estimate of drug-likeness (QED) is 0.326. The number of ether oxygens (including phenoxy) is 2. The Balaban J connectivity index is 0.00000310. The van der Waals surface area contributed by atoms with Crippen molar-refractivity contribution in [3.05, 3.63) is 46.8 Å². The zero-order valence-corrected chi connectivity index (χ0v) is 34.4. The molecule has 2 aliphatic heterocycles. The van der Waals surface area contributed by atoms with E-state index in [1.54, 1.807) is 52.0 Å². The van der Waals surface area contributed by atoms with E-state index in [1.165, 1.54) is 9.58 Å². The number of allylic oxidation sites excluding steroid dienone is 1. The van der Waals surface area contributed by atoms with Crippen molar-refractivity contribution in [3.8, 4) is 5.88 Å². The van der Waals surface area contributed by atoms with Gasteiger partial charge in [0.15, 0.2) is 0 Å². The fraction of sp³-hybridized carbons (Fsp3) is 0.650. The molecular formula is C40H62N6O9S. The van der Waals surface area contributed by atoms with Crippen LogP contribution < -0.4 is 25.7 Å². The summed E-state index contributed by atoms with van der Waals surface area (Å²) >= 11 is 0. The van der Waals surface area contributed by atoms with Gasteiger partial charge in [-0.15, -0.1) is 5.10 Å². The van der Waals surface area contributed by atoms with Crippen LogP contribution in [-0.4, -0.2) is 87.5 Å². The molecule has 15 nitrogen and oxygen atoms in total. The average Bonchev–Trinajstić information content (AvgIpc) is 3.99. The monoisotopic (exact) mass is 802 g/mol. The predicted molar refractivity (Wildman–Crippen MR) is 215 cm³/mol. The molecule has 1 aromatic carbocycles. The highest BCUT2D eigenvalue weighted by Crippen LogP contribution is 2.47. The number of carbonyl (C=O) groups is 4. The summed E-state index contributed by atoms with van der Waals surface area (Å²) in [6, 6.07) is 4.35. The molecule has 1 saturated heterocycles. The molecular weight excluding hydrogens is 741 g/mol. The topological polar surface area (TPSA) is 195 Å². The zero-order valence-electron chi connectivity index (χ0n) is 33.6. The molecule has 16 heteroatoms. The molecule has 3 N–H and O–H groups in total. The third-order valence-corrected chi connectivity index (χ3v) is 13.6. The highest BCUT2D eigenvalue weighted by atomic mass is 32.2. The minimum atomic E-state index is -4.02. The maximum absolute atomic E-state index is 14.8. The molecule has 1 aromatic heterocycles. The van der Waals surface area contributed by atoms with E-state index in [1.807, 2.05) is 32.9 Å². The van der Waals surface area contributed by atoms with Gasteiger partial charge in [0.05, 0.1) is 28.1 Å². The highest BCUT2D eigenvalue weighted by Gasteiger charge is 2.63. The summed E-state index contributed by atoms with van der Waals surface area (Å²) in [4.78, 5) is 71.2. The lowest BCUT2D eigenvalue weighted by Gasteiger charge is -2.33. The minimum Gasteiger partial charge on any atom is -0.471 e. The Morgan fingerprint density at radius 3 is 2.39 bits per heavy atom. The minimum absolute atomic E-state index is 0. The van der Waals surface area contributed by atoms with E-state index in [0.717, 1.165) is 6.42 Å². The summed E-state index contributed by atoms with van der Waals surface area (Å²) < 4.78 is 41.0. The van der Waals surface area contributed by atoms with E-state index in [0.29, 0.717) is 36.5 Å². The normalized spacial score (nSPS) is 29.9. The van der Waals surface area contributed by atoms with Gasteiger partial charge in [0, 0.05) is 16.6 Å². The van der Waals surface area contributed by atoms with E-state index < -0.39 is 73.8 Å². The van der Waals surface area contributed by atoms with E-state index in [-0.39, 0.29) is 53.0 Å². The maximum atomic E-state index is 14.8. The van der Waals surface area contributed by atoms with Crippen molar-refractivity contribution in [1.29, 1.82) is 0 Å². The SMILES string of the molecule is CC(C)n1nc(O[C@@H]2C[C@H]3C(=O)N[C@]4(C(=O)NS(=O)(=O)C5(C)CC5)C[C@H]4/C=C\CC[C@H](C)C[C@@H](C)[C@H](NC(=O)OC(C)(C)C)C(=O)N3C2)c2ccccc2c1=O.[HH].[HH].[HH]. The van der Waals surface area contributed by atoms with E-state index in [4.69, 9.17) is 9.47 Å². The standard InChI is InChI=1S/C40H56N6O9S.3H2/c1-23(2)46-34(48)29-16-12-11-15-28(29)33(43-46)54-27-20-30-32(47)42-40(36(50)44-56(52,53)39(8)17-18-39)21-26(40)14-10-9-13-24(3)19-25(4)31(35(49)45(30)22-27)41-37(51)55-38(5,6)7;;;/h10-12,14-16,23-27,30-31H,9,13,17-22H2,1-8H3,(H,41,51)(H,42,47)(H,44,50);3*1H/b14-10-;;;/t24-,25+,26+,27+,30-,31-,40+;;;/m0.../s1. The van der Waals surface area contributed by atoms with Crippen LogP contribution in [0.5, 0.6) is 5.88 Å². The van der Waals surface area contributed by atoms with Crippen LogP contribution in [0.2, 0.25) is 0 Å². The third-order valence-electron chi connectivity index (χ3n) is 11.5. The van der Waals surface area contributed by atoms with Gasteiger partial charge >= 0.3 is 6.09 Å². The van der Waals surface area contributed by atoms with Crippen molar-refractivity contribution in [2.45, 2.75) is 140 Å². The number of rotatable bonds is 7. The van der Waals surface area contributed by atoms with Gasteiger partial charge in [-0.2, -0.15) is 0 Å². The second-order valence-electron chi connectivity index (χ2n) is 17.8. The van der Waals surface area contributed by atoms with Crippen LogP contribution >= 0.6 is 0 Å². The molecule has 0 spiro atoms. The van der Waals surface area contributed by atoms with Crippen LogP contribution in [0.15, 0.2) is 41.2 Å². The van der Waals surface area contributed by atoms with Crippen molar-refractivity contribution in [2.24, 2.45) is 17.8 Å². The second kappa shape index (κ2) is 15.1. The summed E-state index contributed by atoms with van der Waals surface area (Å²) in [5.74, 6) is -2.57. The summed E-state index contributed by atoms with van der Waals surface area (Å²) in [5.41, 5.74) is -2.69. The lowest BCUT2D eigenvalue weighted by Crippen LogP contribution is -2.59. The molecule has 2 aromatic rings. The Morgan fingerprint density at radius 2 is 1.75 bits per heavy atom. The Morgan fingerprint density at radius 1 is 1.07 bits per heavy atom. The number of benzene rings is 1. The largest absolute Gasteiger partial charge is 0.471 e. The van der Waals surface area contributed by atoms with Crippen molar-refractivity contribution in [2.75, 3.05) is 6.54 Å². The van der Waals surface area contributed by atoms with Gasteiger partial charge in [-0.05, 0) is 104 Å². The zero-order chi connectivity index (χ0) is 41.0. The number of nitrogens with one attached hydrogen (secondary N) is 3. The fourth-order valence-corrected chi connectivity index (χ4v) is 9.12. The number of carbonyl (C=O) groups excluding carboxylic acids is 4. The lowest BCUT2D eigenvalue weighted by molar-refractivity contribution is -0.142. The molecule has 4 amide bonds. The molecule has 3 fully saturated rings. The number of aromatic nitrogens is 2. The summed E-state index contributed by atoms with van der Waals surface area (Å²) in [7, 11) is -4.02. The molecule has 2 aliphatic carbocycles. The van der Waals surface area contributed by atoms with Gasteiger partial charge in [0.25, 0.3) is 11.5 Å². The second-order valence-corrected chi connectivity index (χ2v) is 20.0. The molecule has 0 radical (unpaired) electrons. The van der Waals surface area contributed by atoms with Crippen LogP contribution in [0.4, 0.5) is 4.79 Å². The van der Waals surface area contributed by atoms with E-state index >= 15 is 0 Å². The summed E-state index contributed by atoms with van der Waals surface area (Å²) in [6.07, 6.45) is 5.22. The van der Waals surface area contributed by atoms with E-state index in [9.17, 15) is 32.4 Å². The molecule has 2 saturated carbocycles. The predicted octanol–water partition coefficient (Wildman–Crippen LogP) is 4.84. The Labute approximate surface area is 332 Å². The summed E-state index contributed by atoms with van der Waals surface area (Å²) in [5, 5.41) is 11.1. The smallest absolute Gasteiger partial charge is 0.408 e. The first-order valence-electron chi connectivity index (χ1n) is 19.7. The number of nitrogens with zero attached hydrogens (tertiary/aromatic N) is 3. The first kappa shape index (κ1) is 41.2. The number of fused-ring (bicyclic) bond motifs is 3. The molecule has 312 valence electrons. The Hall–Kier alpha value is -4.47. The molecule has 0 bridgehead atoms. The molecule has 4 aliphatic rings. The van der Waals surface area contributed by atoms with Crippen molar-refractivity contribution in [1.82, 2.24) is 30.0 Å². The first-order valence-corrected chi connectivity index (χ1v) is 21.2. The Bertz CT molecular complexity index is 2110. The van der Waals surface area contributed by atoms with Gasteiger partial charge in [-0.25, -0.2) is 17.9 Å². The number of amides is 4. The lowest BCUT2D eigenvalue weighted by atomic mass is 9.88. The number of sulfonamides is 1.